The normalized spacial score (nSPS) is 11.3. The Morgan fingerprint density at radius 3 is 1.81 bits per heavy atom. The molecule has 0 saturated heterocycles. The van der Waals surface area contributed by atoms with Crippen molar-refractivity contribution in [2.75, 3.05) is 6.54 Å². The van der Waals surface area contributed by atoms with Crippen molar-refractivity contribution in [2.45, 2.75) is 70.6 Å². The van der Waals surface area contributed by atoms with E-state index in [-0.39, 0.29) is 44.3 Å². The molecular weight excluding hydrogens is 546 g/mol. The first kappa shape index (κ1) is 33.0. The van der Waals surface area contributed by atoms with E-state index in [4.69, 9.17) is 9.57 Å². The second kappa shape index (κ2) is 19.6. The largest absolute Gasteiger partial charge is 0.461 e. The van der Waals surface area contributed by atoms with E-state index in [9.17, 15) is 19.2 Å². The van der Waals surface area contributed by atoms with Crippen LogP contribution in [0, 0.1) is 0 Å². The van der Waals surface area contributed by atoms with Gasteiger partial charge in [0.15, 0.2) is 0 Å². The molecule has 1 atom stereocenters. The monoisotopic (exact) mass is 587 g/mol. The average Bonchev–Trinajstić information content (AvgIpc) is 3.04. The van der Waals surface area contributed by atoms with Crippen LogP contribution in [0.1, 0.15) is 61.6 Å². The molecule has 3 rings (SSSR count). The first-order valence-corrected chi connectivity index (χ1v) is 14.7. The standard InChI is InChI=1S/C34H41N3O6/c38-31(35-24-12-19-27-13-4-1-5-14-27)20-10-11-21-32(39)36-30(34(41)37-43-26-29-17-8-3-9-18-29)22-23-33(40)42-25-28-15-6-2-7-16-28/h1-9,13-18,30H,10-12,19-26H2,(H,35,38)(H,36,39)(H,37,41)/t30-/m1/s1. The third kappa shape index (κ3) is 14.3. The lowest BCUT2D eigenvalue weighted by molar-refractivity contribution is -0.146. The highest BCUT2D eigenvalue weighted by atomic mass is 16.6. The molecule has 0 unspecified atom stereocenters. The molecule has 3 amide bonds. The Balaban J connectivity index is 1.37. The molecule has 0 heterocycles. The summed E-state index contributed by atoms with van der Waals surface area (Å²) in [5.41, 5.74) is 5.34. The minimum Gasteiger partial charge on any atom is -0.461 e. The molecule has 0 spiro atoms. The van der Waals surface area contributed by atoms with Gasteiger partial charge in [-0.25, -0.2) is 5.48 Å². The number of nitrogens with one attached hydrogen (secondary N) is 3. The first-order chi connectivity index (χ1) is 21.0. The molecule has 3 N–H and O–H groups in total. The number of hydrogen-bond acceptors (Lipinski definition) is 6. The molecule has 0 saturated carbocycles. The summed E-state index contributed by atoms with van der Waals surface area (Å²) in [5, 5.41) is 5.62. The SMILES string of the molecule is O=C(CCCCC(=O)N[C@H](CCC(=O)OCc1ccccc1)C(=O)NOCc1ccccc1)NCCCc1ccccc1. The van der Waals surface area contributed by atoms with Crippen molar-refractivity contribution in [3.8, 4) is 0 Å². The summed E-state index contributed by atoms with van der Waals surface area (Å²) in [4.78, 5) is 55.3. The van der Waals surface area contributed by atoms with Gasteiger partial charge < -0.3 is 15.4 Å². The van der Waals surface area contributed by atoms with Gasteiger partial charge in [-0.1, -0.05) is 91.0 Å². The summed E-state index contributed by atoms with van der Waals surface area (Å²) in [6.07, 6.45) is 3.24. The Labute approximate surface area is 253 Å². The Morgan fingerprint density at radius 1 is 0.628 bits per heavy atom. The van der Waals surface area contributed by atoms with Crippen LogP contribution < -0.4 is 16.1 Å². The van der Waals surface area contributed by atoms with Crippen molar-refractivity contribution in [1.82, 2.24) is 16.1 Å². The van der Waals surface area contributed by atoms with Crippen molar-refractivity contribution < 1.29 is 28.8 Å². The van der Waals surface area contributed by atoms with Crippen LogP contribution in [0.15, 0.2) is 91.0 Å². The molecule has 43 heavy (non-hydrogen) atoms. The fraction of sp³-hybridized carbons (Fsp3) is 0.353. The summed E-state index contributed by atoms with van der Waals surface area (Å²) >= 11 is 0. The van der Waals surface area contributed by atoms with Crippen LogP contribution in [0.4, 0.5) is 0 Å². The molecule has 0 bridgehead atoms. The smallest absolute Gasteiger partial charge is 0.306 e. The van der Waals surface area contributed by atoms with Crippen molar-refractivity contribution >= 4 is 23.7 Å². The minimum absolute atomic E-state index is 0.0460. The summed E-state index contributed by atoms with van der Waals surface area (Å²) in [6, 6.07) is 27.7. The Kier molecular flexibility index (Phi) is 15.0. The van der Waals surface area contributed by atoms with Gasteiger partial charge in [-0.2, -0.15) is 0 Å². The number of carbonyl (C=O) groups is 4. The molecule has 0 aliphatic rings. The fourth-order valence-corrected chi connectivity index (χ4v) is 4.27. The van der Waals surface area contributed by atoms with Gasteiger partial charge in [0.1, 0.15) is 12.6 Å². The van der Waals surface area contributed by atoms with Gasteiger partial charge in [-0.15, -0.1) is 0 Å². The van der Waals surface area contributed by atoms with Gasteiger partial charge in [-0.3, -0.25) is 24.0 Å². The van der Waals surface area contributed by atoms with Crippen LogP contribution in [0.3, 0.4) is 0 Å². The van der Waals surface area contributed by atoms with E-state index in [0.29, 0.717) is 25.8 Å². The van der Waals surface area contributed by atoms with Crippen LogP contribution in [0.2, 0.25) is 0 Å². The van der Waals surface area contributed by atoms with Crippen molar-refractivity contribution in [1.29, 1.82) is 0 Å². The van der Waals surface area contributed by atoms with Crippen LogP contribution in [0.5, 0.6) is 0 Å². The average molecular weight is 588 g/mol. The van der Waals surface area contributed by atoms with E-state index in [2.05, 4.69) is 28.2 Å². The summed E-state index contributed by atoms with van der Waals surface area (Å²) < 4.78 is 5.31. The molecule has 0 radical (unpaired) electrons. The zero-order valence-corrected chi connectivity index (χ0v) is 24.5. The van der Waals surface area contributed by atoms with Crippen molar-refractivity contribution in [3.05, 3.63) is 108 Å². The predicted molar refractivity (Wildman–Crippen MR) is 163 cm³/mol. The molecule has 0 aliphatic carbocycles. The van der Waals surface area contributed by atoms with E-state index in [1.165, 1.54) is 5.56 Å². The number of carbonyl (C=O) groups excluding carboxylic acids is 4. The van der Waals surface area contributed by atoms with Gasteiger partial charge in [0.05, 0.1) is 6.61 Å². The topological polar surface area (TPSA) is 123 Å². The predicted octanol–water partition coefficient (Wildman–Crippen LogP) is 4.55. The quantitative estimate of drug-likeness (QED) is 0.107. The number of ether oxygens (including phenoxy) is 1. The number of aryl methyl sites for hydroxylation is 1. The number of benzene rings is 3. The molecule has 3 aromatic carbocycles. The zero-order valence-electron chi connectivity index (χ0n) is 24.5. The summed E-state index contributed by atoms with van der Waals surface area (Å²) in [6.45, 7) is 0.884. The second-order valence-electron chi connectivity index (χ2n) is 10.2. The van der Waals surface area contributed by atoms with Crippen LogP contribution in [0.25, 0.3) is 0 Å². The lowest BCUT2D eigenvalue weighted by Crippen LogP contribution is -2.46. The highest BCUT2D eigenvalue weighted by Gasteiger charge is 2.22. The molecule has 3 aromatic rings. The Bertz CT molecular complexity index is 1250. The van der Waals surface area contributed by atoms with E-state index in [1.54, 1.807) is 0 Å². The minimum atomic E-state index is -0.986. The number of esters is 1. The molecule has 9 heteroatoms. The number of amides is 3. The zero-order chi connectivity index (χ0) is 30.5. The molecular formula is C34H41N3O6. The number of unbranched alkanes of at least 4 members (excludes halogenated alkanes) is 1. The molecule has 9 nitrogen and oxygen atoms in total. The van der Waals surface area contributed by atoms with E-state index in [1.807, 2.05) is 78.9 Å². The fourth-order valence-electron chi connectivity index (χ4n) is 4.27. The maximum Gasteiger partial charge on any atom is 0.306 e. The molecule has 228 valence electrons. The maximum atomic E-state index is 12.8. The van der Waals surface area contributed by atoms with Crippen LogP contribution in [-0.2, 0) is 48.4 Å². The number of hydroxylamine groups is 1. The van der Waals surface area contributed by atoms with Crippen molar-refractivity contribution in [3.63, 3.8) is 0 Å². The third-order valence-corrected chi connectivity index (χ3v) is 6.65. The molecule has 0 fully saturated rings. The number of rotatable bonds is 19. The van der Waals surface area contributed by atoms with Crippen LogP contribution in [-0.4, -0.2) is 36.3 Å². The van der Waals surface area contributed by atoms with Crippen molar-refractivity contribution in [2.24, 2.45) is 0 Å². The highest BCUT2D eigenvalue weighted by molar-refractivity contribution is 5.87. The highest BCUT2D eigenvalue weighted by Crippen LogP contribution is 2.08. The Hall–Kier alpha value is -4.50. The van der Waals surface area contributed by atoms with Gasteiger partial charge >= 0.3 is 5.97 Å². The maximum absolute atomic E-state index is 12.8. The first-order valence-electron chi connectivity index (χ1n) is 14.7. The van der Waals surface area contributed by atoms with Gasteiger partial charge in [-0.05, 0) is 48.8 Å². The lowest BCUT2D eigenvalue weighted by atomic mass is 10.1. The van der Waals surface area contributed by atoms with Gasteiger partial charge in [0.25, 0.3) is 5.91 Å². The second-order valence-corrected chi connectivity index (χ2v) is 10.2. The number of hydrogen-bond donors (Lipinski definition) is 3. The van der Waals surface area contributed by atoms with Crippen LogP contribution >= 0.6 is 0 Å². The van der Waals surface area contributed by atoms with E-state index < -0.39 is 17.9 Å². The summed E-state index contributed by atoms with van der Waals surface area (Å²) in [5.74, 6) is -1.43. The third-order valence-electron chi connectivity index (χ3n) is 6.65. The lowest BCUT2D eigenvalue weighted by Gasteiger charge is -2.18. The summed E-state index contributed by atoms with van der Waals surface area (Å²) in [7, 11) is 0. The van der Waals surface area contributed by atoms with Gasteiger partial charge in [0.2, 0.25) is 11.8 Å². The van der Waals surface area contributed by atoms with E-state index >= 15 is 0 Å². The molecule has 0 aromatic heterocycles. The van der Waals surface area contributed by atoms with E-state index in [0.717, 1.165) is 24.0 Å². The van der Waals surface area contributed by atoms with Gasteiger partial charge in [0, 0.05) is 25.8 Å². The Morgan fingerprint density at radius 2 is 1.19 bits per heavy atom. The molecule has 0 aliphatic heterocycles.